The Kier molecular flexibility index (Phi) is 5.39. The number of benzene rings is 1. The highest BCUT2D eigenvalue weighted by Crippen LogP contribution is 2.24. The van der Waals surface area contributed by atoms with Crippen LogP contribution in [0.25, 0.3) is 5.78 Å². The van der Waals surface area contributed by atoms with E-state index in [-0.39, 0.29) is 23.5 Å². The van der Waals surface area contributed by atoms with E-state index in [1.165, 1.54) is 31.6 Å². The summed E-state index contributed by atoms with van der Waals surface area (Å²) in [6.45, 7) is 3.24. The minimum Gasteiger partial charge on any atom is -0.456 e. The lowest BCUT2D eigenvalue weighted by molar-refractivity contribution is -0.147. The number of carbonyl (C=O) groups is 4. The molecule has 3 heterocycles. The molecule has 11 nitrogen and oxygen atoms in total. The Morgan fingerprint density at radius 1 is 1.12 bits per heavy atom. The summed E-state index contributed by atoms with van der Waals surface area (Å²) in [7, 11) is 1.39. The molecular formula is C21H20N6O5. The van der Waals surface area contributed by atoms with Crippen molar-refractivity contribution < 1.29 is 23.9 Å². The summed E-state index contributed by atoms with van der Waals surface area (Å²) in [6, 6.07) is 4.42. The molecular weight excluding hydrogens is 416 g/mol. The van der Waals surface area contributed by atoms with Crippen LogP contribution in [0.1, 0.15) is 44.1 Å². The van der Waals surface area contributed by atoms with E-state index in [9.17, 15) is 19.2 Å². The Morgan fingerprint density at radius 3 is 2.66 bits per heavy atom. The molecule has 1 aromatic carbocycles. The summed E-state index contributed by atoms with van der Waals surface area (Å²) in [6.07, 6.45) is 1.87. The third-order valence-electron chi connectivity index (χ3n) is 5.31. The monoisotopic (exact) mass is 436 g/mol. The Hall–Kier alpha value is -4.15. The number of amides is 3. The second kappa shape index (κ2) is 8.17. The van der Waals surface area contributed by atoms with Crippen LogP contribution in [0, 0.1) is 13.8 Å². The van der Waals surface area contributed by atoms with Crippen LogP contribution in [0.3, 0.4) is 0 Å². The highest BCUT2D eigenvalue weighted by atomic mass is 16.5. The number of fused-ring (bicyclic) bond motifs is 2. The first-order valence-corrected chi connectivity index (χ1v) is 9.84. The summed E-state index contributed by atoms with van der Waals surface area (Å²) in [5.74, 6) is -1.42. The van der Waals surface area contributed by atoms with Crippen molar-refractivity contribution in [3.63, 3.8) is 0 Å². The van der Waals surface area contributed by atoms with Gasteiger partial charge < -0.3 is 10.1 Å². The Bertz CT molecular complexity index is 1280. The largest absolute Gasteiger partial charge is 0.456 e. The molecule has 11 heteroatoms. The molecule has 32 heavy (non-hydrogen) atoms. The maximum Gasteiger partial charge on any atom is 0.306 e. The number of esters is 1. The van der Waals surface area contributed by atoms with Crippen LogP contribution in [-0.2, 0) is 20.7 Å². The van der Waals surface area contributed by atoms with Gasteiger partial charge in [0.25, 0.3) is 23.5 Å². The van der Waals surface area contributed by atoms with Gasteiger partial charge in [0, 0.05) is 30.5 Å². The molecule has 3 aromatic rings. The smallest absolute Gasteiger partial charge is 0.306 e. The van der Waals surface area contributed by atoms with Crippen LogP contribution in [0.4, 0.5) is 5.69 Å². The Morgan fingerprint density at radius 2 is 1.88 bits per heavy atom. The number of hydrogen-bond acceptors (Lipinski definition) is 8. The standard InChI is InChI=1S/C21H20N6O5/c1-11-14(12(2)27-21(24-11)22-10-23-27)6-7-18(29)32-9-17(28)25-13-4-5-15-16(8-13)20(31)26(3)19(15)30/h4-5,8,10H,6-7,9H2,1-3H3,(H,25,28). The molecule has 0 unspecified atom stereocenters. The van der Waals surface area contributed by atoms with Gasteiger partial charge in [0.05, 0.1) is 11.1 Å². The van der Waals surface area contributed by atoms with Crippen LogP contribution in [0.5, 0.6) is 0 Å². The number of carbonyl (C=O) groups excluding carboxylic acids is 4. The predicted molar refractivity (Wildman–Crippen MR) is 111 cm³/mol. The van der Waals surface area contributed by atoms with Crippen LogP contribution >= 0.6 is 0 Å². The van der Waals surface area contributed by atoms with Gasteiger partial charge in [-0.05, 0) is 44.0 Å². The van der Waals surface area contributed by atoms with Crippen molar-refractivity contribution in [3.8, 4) is 0 Å². The van der Waals surface area contributed by atoms with Crippen LogP contribution < -0.4 is 5.32 Å². The minimum absolute atomic E-state index is 0.0681. The summed E-state index contributed by atoms with van der Waals surface area (Å²) in [5, 5.41) is 6.67. The van der Waals surface area contributed by atoms with E-state index in [1.807, 2.05) is 13.8 Å². The zero-order chi connectivity index (χ0) is 23.0. The lowest BCUT2D eigenvalue weighted by Crippen LogP contribution is -2.24. The number of aryl methyl sites for hydroxylation is 2. The quantitative estimate of drug-likeness (QED) is 0.448. The van der Waals surface area contributed by atoms with Gasteiger partial charge in [-0.15, -0.1) is 0 Å². The molecule has 2 aromatic heterocycles. The van der Waals surface area contributed by atoms with Gasteiger partial charge in [0.1, 0.15) is 6.33 Å². The fourth-order valence-corrected chi connectivity index (χ4v) is 3.60. The van der Waals surface area contributed by atoms with Gasteiger partial charge in [0.15, 0.2) is 6.61 Å². The molecule has 3 amide bonds. The Labute approximate surface area is 182 Å². The molecule has 1 aliphatic heterocycles. The van der Waals surface area contributed by atoms with Crippen molar-refractivity contribution in [1.29, 1.82) is 0 Å². The number of aromatic nitrogens is 4. The summed E-state index contributed by atoms with van der Waals surface area (Å²) in [5.41, 5.74) is 3.29. The van der Waals surface area contributed by atoms with Crippen molar-refractivity contribution >= 4 is 35.2 Å². The maximum absolute atomic E-state index is 12.1. The number of ether oxygens (including phenoxy) is 1. The van der Waals surface area contributed by atoms with Gasteiger partial charge in [-0.25, -0.2) is 9.50 Å². The molecule has 0 bridgehead atoms. The van der Waals surface area contributed by atoms with E-state index in [4.69, 9.17) is 4.74 Å². The van der Waals surface area contributed by atoms with E-state index in [0.29, 0.717) is 17.9 Å². The second-order valence-corrected chi connectivity index (χ2v) is 7.37. The first-order chi connectivity index (χ1) is 15.3. The first-order valence-electron chi connectivity index (χ1n) is 9.84. The van der Waals surface area contributed by atoms with Gasteiger partial charge in [-0.2, -0.15) is 10.1 Å². The number of rotatable bonds is 6. The van der Waals surface area contributed by atoms with Crippen molar-refractivity contribution in [2.75, 3.05) is 19.0 Å². The fourth-order valence-electron chi connectivity index (χ4n) is 3.60. The normalized spacial score (nSPS) is 12.9. The lowest BCUT2D eigenvalue weighted by atomic mass is 10.1. The molecule has 164 valence electrons. The molecule has 0 saturated carbocycles. The third kappa shape index (κ3) is 3.80. The SMILES string of the molecule is Cc1nc2ncnn2c(C)c1CCC(=O)OCC(=O)Nc1ccc2c(c1)C(=O)N(C)C2=O. The van der Waals surface area contributed by atoms with Crippen molar-refractivity contribution in [1.82, 2.24) is 24.5 Å². The molecule has 0 atom stereocenters. The molecule has 4 rings (SSSR count). The second-order valence-electron chi connectivity index (χ2n) is 7.37. The number of nitrogens with one attached hydrogen (secondary N) is 1. The van der Waals surface area contributed by atoms with E-state index in [1.54, 1.807) is 4.52 Å². The van der Waals surface area contributed by atoms with Crippen LogP contribution in [-0.4, -0.2) is 61.8 Å². The zero-order valence-corrected chi connectivity index (χ0v) is 17.7. The fraction of sp³-hybridized carbons (Fsp3) is 0.286. The zero-order valence-electron chi connectivity index (χ0n) is 17.7. The highest BCUT2D eigenvalue weighted by Gasteiger charge is 2.32. The highest BCUT2D eigenvalue weighted by molar-refractivity contribution is 6.21. The number of hydrogen-bond donors (Lipinski definition) is 1. The van der Waals surface area contributed by atoms with Crippen molar-refractivity contribution in [2.24, 2.45) is 0 Å². The van der Waals surface area contributed by atoms with E-state index in [2.05, 4.69) is 20.4 Å². The van der Waals surface area contributed by atoms with Gasteiger partial charge in [-0.1, -0.05) is 0 Å². The lowest BCUT2D eigenvalue weighted by Gasteiger charge is -2.10. The first kappa shape index (κ1) is 21.1. The van der Waals surface area contributed by atoms with E-state index >= 15 is 0 Å². The number of anilines is 1. The molecule has 0 spiro atoms. The molecule has 0 radical (unpaired) electrons. The topological polar surface area (TPSA) is 136 Å². The van der Waals surface area contributed by atoms with E-state index in [0.717, 1.165) is 21.9 Å². The van der Waals surface area contributed by atoms with Crippen LogP contribution in [0.15, 0.2) is 24.5 Å². The molecule has 0 saturated heterocycles. The molecule has 1 aliphatic rings. The van der Waals surface area contributed by atoms with Crippen molar-refractivity contribution in [2.45, 2.75) is 26.7 Å². The molecule has 1 N–H and O–H groups in total. The minimum atomic E-state index is -0.554. The van der Waals surface area contributed by atoms with E-state index < -0.39 is 24.4 Å². The van der Waals surface area contributed by atoms with Crippen LogP contribution in [0.2, 0.25) is 0 Å². The van der Waals surface area contributed by atoms with Gasteiger partial charge in [-0.3, -0.25) is 24.1 Å². The van der Waals surface area contributed by atoms with Crippen molar-refractivity contribution in [3.05, 3.63) is 52.6 Å². The molecule has 0 fully saturated rings. The third-order valence-corrected chi connectivity index (χ3v) is 5.31. The molecule has 0 aliphatic carbocycles. The summed E-state index contributed by atoms with van der Waals surface area (Å²) >= 11 is 0. The average molecular weight is 436 g/mol. The Balaban J connectivity index is 1.31. The summed E-state index contributed by atoms with van der Waals surface area (Å²) < 4.78 is 6.67. The number of nitrogens with zero attached hydrogens (tertiary/aromatic N) is 5. The average Bonchev–Trinajstić information content (AvgIpc) is 3.31. The van der Waals surface area contributed by atoms with Gasteiger partial charge in [0.2, 0.25) is 0 Å². The number of imide groups is 1. The van der Waals surface area contributed by atoms with Gasteiger partial charge >= 0.3 is 5.97 Å². The predicted octanol–water partition coefficient (Wildman–Crippen LogP) is 1.08. The maximum atomic E-state index is 12.1. The summed E-state index contributed by atoms with van der Waals surface area (Å²) in [4.78, 5) is 57.7.